The van der Waals surface area contributed by atoms with E-state index in [1.807, 2.05) is 0 Å². The summed E-state index contributed by atoms with van der Waals surface area (Å²) in [6, 6.07) is 4.16. The first kappa shape index (κ1) is 14.0. The molecule has 0 spiro atoms. The number of imidazole rings is 1. The third-order valence-electron chi connectivity index (χ3n) is 2.52. The summed E-state index contributed by atoms with van der Waals surface area (Å²) in [5.41, 5.74) is 5.92. The van der Waals surface area contributed by atoms with Gasteiger partial charge in [0.25, 0.3) is 0 Å². The summed E-state index contributed by atoms with van der Waals surface area (Å²) in [5.74, 6) is 0.541. The number of benzene rings is 1. The Kier molecular flexibility index (Phi) is 3.93. The van der Waals surface area contributed by atoms with Crippen LogP contribution in [0.2, 0.25) is 0 Å². The topological polar surface area (TPSA) is 101 Å². The molecular formula is C11H13BrN4O2S. The summed E-state index contributed by atoms with van der Waals surface area (Å²) < 4.78 is 27.7. The monoisotopic (exact) mass is 344 g/mol. The van der Waals surface area contributed by atoms with Gasteiger partial charge in [-0.05, 0) is 25.1 Å². The highest BCUT2D eigenvalue weighted by Crippen LogP contribution is 2.23. The average Bonchev–Trinajstić information content (AvgIpc) is 2.80. The highest BCUT2D eigenvalue weighted by atomic mass is 79.9. The van der Waals surface area contributed by atoms with E-state index in [0.29, 0.717) is 5.82 Å². The summed E-state index contributed by atoms with van der Waals surface area (Å²) in [7, 11) is -3.69. The number of anilines is 1. The van der Waals surface area contributed by atoms with Crippen LogP contribution in [0.4, 0.5) is 5.69 Å². The van der Waals surface area contributed by atoms with Gasteiger partial charge in [0, 0.05) is 16.9 Å². The number of nitrogens with zero attached hydrogens (tertiary/aromatic N) is 1. The molecule has 1 aromatic carbocycles. The number of hydrogen-bond donors (Lipinski definition) is 3. The van der Waals surface area contributed by atoms with Crippen LogP contribution in [0, 0.1) is 0 Å². The molecule has 1 atom stereocenters. The van der Waals surface area contributed by atoms with Gasteiger partial charge in [0.05, 0.1) is 11.7 Å². The second-order valence-corrected chi connectivity index (χ2v) is 6.60. The van der Waals surface area contributed by atoms with Gasteiger partial charge in [-0.3, -0.25) is 0 Å². The maximum Gasteiger partial charge on any atom is 0.243 e. The van der Waals surface area contributed by atoms with E-state index < -0.39 is 16.1 Å². The minimum Gasteiger partial charge on any atom is -0.398 e. The van der Waals surface area contributed by atoms with Gasteiger partial charge in [0.1, 0.15) is 10.7 Å². The lowest BCUT2D eigenvalue weighted by Crippen LogP contribution is -2.28. The second-order valence-electron chi connectivity index (χ2n) is 4.00. The maximum absolute atomic E-state index is 12.2. The van der Waals surface area contributed by atoms with Crippen molar-refractivity contribution in [3.63, 3.8) is 0 Å². The molecule has 1 unspecified atom stereocenters. The minimum absolute atomic E-state index is 0.0501. The number of hydrogen-bond acceptors (Lipinski definition) is 4. The van der Waals surface area contributed by atoms with Crippen molar-refractivity contribution in [2.75, 3.05) is 5.73 Å². The van der Waals surface area contributed by atoms with Crippen molar-refractivity contribution in [2.45, 2.75) is 17.9 Å². The zero-order valence-electron chi connectivity index (χ0n) is 10.1. The number of H-pyrrole nitrogens is 1. The number of nitrogen functional groups attached to an aromatic ring is 1. The van der Waals surface area contributed by atoms with Crippen molar-refractivity contribution < 1.29 is 8.42 Å². The molecule has 0 radical (unpaired) electrons. The summed E-state index contributed by atoms with van der Waals surface area (Å²) in [5, 5.41) is 0. The lowest BCUT2D eigenvalue weighted by atomic mass is 10.3. The molecule has 102 valence electrons. The molecule has 0 aliphatic carbocycles. The molecule has 0 amide bonds. The summed E-state index contributed by atoms with van der Waals surface area (Å²) in [6.07, 6.45) is 3.20. The Balaban J connectivity index is 2.28. The first-order valence-corrected chi connectivity index (χ1v) is 7.74. The molecule has 2 aromatic rings. The molecule has 0 fully saturated rings. The lowest BCUT2D eigenvalue weighted by Gasteiger charge is -2.13. The van der Waals surface area contributed by atoms with Crippen LogP contribution in [-0.4, -0.2) is 18.4 Å². The van der Waals surface area contributed by atoms with Crippen LogP contribution in [0.25, 0.3) is 0 Å². The van der Waals surface area contributed by atoms with Crippen LogP contribution in [0.1, 0.15) is 18.8 Å². The molecule has 1 heterocycles. The molecule has 0 saturated heterocycles. The van der Waals surface area contributed by atoms with Crippen molar-refractivity contribution in [3.05, 3.63) is 40.9 Å². The molecule has 4 N–H and O–H groups in total. The Hall–Kier alpha value is -1.38. The smallest absolute Gasteiger partial charge is 0.243 e. The predicted molar refractivity (Wildman–Crippen MR) is 75.9 cm³/mol. The summed E-state index contributed by atoms with van der Waals surface area (Å²) in [6.45, 7) is 1.70. The number of aromatic amines is 1. The van der Waals surface area contributed by atoms with Gasteiger partial charge in [0.15, 0.2) is 0 Å². The van der Waals surface area contributed by atoms with Gasteiger partial charge in [0.2, 0.25) is 10.0 Å². The van der Waals surface area contributed by atoms with Gasteiger partial charge in [-0.25, -0.2) is 18.1 Å². The van der Waals surface area contributed by atoms with Crippen molar-refractivity contribution in [3.8, 4) is 0 Å². The normalized spacial score (nSPS) is 13.4. The third-order valence-corrected chi connectivity index (χ3v) is 4.63. The molecular weight excluding hydrogens is 332 g/mol. The Labute approximate surface area is 119 Å². The van der Waals surface area contributed by atoms with Crippen molar-refractivity contribution in [1.82, 2.24) is 14.7 Å². The van der Waals surface area contributed by atoms with Crippen LogP contribution in [0.5, 0.6) is 0 Å². The van der Waals surface area contributed by atoms with E-state index in [0.717, 1.165) is 4.47 Å². The molecule has 0 saturated carbocycles. The molecule has 2 rings (SSSR count). The summed E-state index contributed by atoms with van der Waals surface area (Å²) in [4.78, 5) is 6.92. The standard InChI is InChI=1S/C11H13BrN4O2S/c1-7(11-14-4-5-15-11)16-19(17,18)10-3-2-8(12)6-9(10)13/h2-7,16H,13H2,1H3,(H,14,15). The van der Waals surface area contributed by atoms with E-state index in [1.165, 1.54) is 6.07 Å². The fraction of sp³-hybridized carbons (Fsp3) is 0.182. The fourth-order valence-corrected chi connectivity index (χ4v) is 3.33. The predicted octanol–water partition coefficient (Wildman–Crippen LogP) is 1.79. The average molecular weight is 345 g/mol. The Bertz CT molecular complexity index is 670. The molecule has 19 heavy (non-hydrogen) atoms. The number of sulfonamides is 1. The molecule has 0 bridgehead atoms. The first-order chi connectivity index (χ1) is 8.90. The van der Waals surface area contributed by atoms with E-state index in [-0.39, 0.29) is 10.6 Å². The van der Waals surface area contributed by atoms with Crippen molar-refractivity contribution in [2.24, 2.45) is 0 Å². The van der Waals surface area contributed by atoms with Gasteiger partial charge in [-0.1, -0.05) is 15.9 Å². The minimum atomic E-state index is -3.69. The quantitative estimate of drug-likeness (QED) is 0.736. The number of aromatic nitrogens is 2. The molecule has 0 aliphatic heterocycles. The summed E-state index contributed by atoms with van der Waals surface area (Å²) >= 11 is 3.24. The van der Waals surface area contributed by atoms with E-state index >= 15 is 0 Å². The van der Waals surface area contributed by atoms with Gasteiger partial charge in [-0.2, -0.15) is 0 Å². The number of nitrogens with two attached hydrogens (primary N) is 1. The van der Waals surface area contributed by atoms with Crippen molar-refractivity contribution in [1.29, 1.82) is 0 Å². The number of rotatable bonds is 4. The Morgan fingerprint density at radius 1 is 1.47 bits per heavy atom. The zero-order chi connectivity index (χ0) is 14.0. The van der Waals surface area contributed by atoms with Crippen LogP contribution < -0.4 is 10.5 Å². The van der Waals surface area contributed by atoms with E-state index in [1.54, 1.807) is 31.5 Å². The highest BCUT2D eigenvalue weighted by molar-refractivity contribution is 9.10. The lowest BCUT2D eigenvalue weighted by molar-refractivity contribution is 0.561. The number of halogens is 1. The molecule has 1 aromatic heterocycles. The van der Waals surface area contributed by atoms with Crippen molar-refractivity contribution >= 4 is 31.6 Å². The molecule has 0 aliphatic rings. The van der Waals surface area contributed by atoms with Crippen LogP contribution in [0.3, 0.4) is 0 Å². The fourth-order valence-electron chi connectivity index (χ4n) is 1.63. The zero-order valence-corrected chi connectivity index (χ0v) is 12.5. The number of nitrogens with one attached hydrogen (secondary N) is 2. The highest BCUT2D eigenvalue weighted by Gasteiger charge is 2.21. The van der Waals surface area contributed by atoms with Gasteiger partial charge >= 0.3 is 0 Å². The van der Waals surface area contributed by atoms with E-state index in [2.05, 4.69) is 30.6 Å². The van der Waals surface area contributed by atoms with Crippen LogP contribution >= 0.6 is 15.9 Å². The molecule has 6 nitrogen and oxygen atoms in total. The first-order valence-electron chi connectivity index (χ1n) is 5.47. The Morgan fingerprint density at radius 3 is 2.79 bits per heavy atom. The van der Waals surface area contributed by atoms with Gasteiger partial charge in [-0.15, -0.1) is 0 Å². The largest absolute Gasteiger partial charge is 0.398 e. The third kappa shape index (κ3) is 3.14. The van der Waals surface area contributed by atoms with Crippen LogP contribution in [0.15, 0.2) is 40.0 Å². The van der Waals surface area contributed by atoms with E-state index in [4.69, 9.17) is 5.73 Å². The molecule has 8 heteroatoms. The van der Waals surface area contributed by atoms with Gasteiger partial charge < -0.3 is 10.7 Å². The Morgan fingerprint density at radius 2 is 2.21 bits per heavy atom. The SMILES string of the molecule is CC(NS(=O)(=O)c1ccc(Br)cc1N)c1ncc[nH]1. The van der Waals surface area contributed by atoms with Crippen LogP contribution in [-0.2, 0) is 10.0 Å². The van der Waals surface area contributed by atoms with E-state index in [9.17, 15) is 8.42 Å². The maximum atomic E-state index is 12.2. The second kappa shape index (κ2) is 5.32.